The lowest BCUT2D eigenvalue weighted by atomic mass is 10.1. The van der Waals surface area contributed by atoms with Gasteiger partial charge in [-0.1, -0.05) is 12.1 Å². The van der Waals surface area contributed by atoms with E-state index in [4.69, 9.17) is 11.6 Å². The number of alkyl halides is 1. The lowest BCUT2D eigenvalue weighted by molar-refractivity contribution is 0.0760. The molecule has 0 aromatic heterocycles. The number of nitrogens with zero attached hydrogens (tertiary/aromatic N) is 1. The van der Waals surface area contributed by atoms with Gasteiger partial charge in [0.15, 0.2) is 0 Å². The fourth-order valence-corrected chi connectivity index (χ4v) is 1.76. The summed E-state index contributed by atoms with van der Waals surface area (Å²) in [6.07, 6.45) is 0.717. The van der Waals surface area contributed by atoms with E-state index in [-0.39, 0.29) is 11.5 Å². The number of hydrogen-bond acceptors (Lipinski definition) is 1. The Morgan fingerprint density at radius 3 is 2.76 bits per heavy atom. The Morgan fingerprint density at radius 2 is 2.18 bits per heavy atom. The molecule has 0 bridgehead atoms. The van der Waals surface area contributed by atoms with Crippen molar-refractivity contribution in [2.75, 3.05) is 19.0 Å². The quantitative estimate of drug-likeness (QED) is 0.742. The van der Waals surface area contributed by atoms with Crippen molar-refractivity contribution < 1.29 is 9.18 Å². The maximum atomic E-state index is 13.8. The Bertz CT molecular complexity index is 395. The minimum atomic E-state index is -0.429. The van der Waals surface area contributed by atoms with Gasteiger partial charge in [-0.05, 0) is 31.9 Å². The smallest absolute Gasteiger partial charge is 0.256 e. The van der Waals surface area contributed by atoms with E-state index in [2.05, 4.69) is 0 Å². The van der Waals surface area contributed by atoms with E-state index in [0.717, 1.165) is 0 Å². The molecule has 1 rings (SSSR count). The normalized spacial score (nSPS) is 10.4. The van der Waals surface area contributed by atoms with Crippen LogP contribution in [0.2, 0.25) is 0 Å². The summed E-state index contributed by atoms with van der Waals surface area (Å²) in [5.74, 6) is -0.194. The van der Waals surface area contributed by atoms with Gasteiger partial charge in [0.25, 0.3) is 5.91 Å². The van der Waals surface area contributed by atoms with E-state index in [0.29, 0.717) is 31.0 Å². The van der Waals surface area contributed by atoms with Crippen molar-refractivity contribution in [3.63, 3.8) is 0 Å². The maximum Gasteiger partial charge on any atom is 0.256 e. The van der Waals surface area contributed by atoms with Gasteiger partial charge >= 0.3 is 0 Å². The lowest BCUT2D eigenvalue weighted by Gasteiger charge is -2.21. The minimum absolute atomic E-state index is 0.140. The summed E-state index contributed by atoms with van der Waals surface area (Å²) in [4.78, 5) is 13.7. The van der Waals surface area contributed by atoms with Crippen LogP contribution in [0.5, 0.6) is 0 Å². The van der Waals surface area contributed by atoms with Gasteiger partial charge in [0, 0.05) is 19.0 Å². The molecule has 1 aromatic carbocycles. The molecule has 0 N–H and O–H groups in total. The molecule has 2 nitrogen and oxygen atoms in total. The van der Waals surface area contributed by atoms with Gasteiger partial charge in [0.1, 0.15) is 5.82 Å². The summed E-state index contributed by atoms with van der Waals surface area (Å²) in [7, 11) is 0. The van der Waals surface area contributed by atoms with E-state index in [1.807, 2.05) is 6.92 Å². The molecule has 0 aliphatic heterocycles. The van der Waals surface area contributed by atoms with Crippen molar-refractivity contribution in [2.45, 2.75) is 20.3 Å². The van der Waals surface area contributed by atoms with Crippen LogP contribution in [0.25, 0.3) is 0 Å². The molecule has 0 heterocycles. The van der Waals surface area contributed by atoms with Crippen LogP contribution in [-0.2, 0) is 0 Å². The maximum absolute atomic E-state index is 13.8. The topological polar surface area (TPSA) is 20.3 Å². The first kappa shape index (κ1) is 14.0. The molecule has 0 saturated carbocycles. The highest BCUT2D eigenvalue weighted by Gasteiger charge is 2.18. The number of carbonyl (C=O) groups excluding carboxylic acids is 1. The van der Waals surface area contributed by atoms with Gasteiger partial charge in [-0.15, -0.1) is 11.6 Å². The number of amides is 1. The van der Waals surface area contributed by atoms with Crippen LogP contribution >= 0.6 is 11.6 Å². The number of aryl methyl sites for hydroxylation is 1. The van der Waals surface area contributed by atoms with Gasteiger partial charge in [-0.25, -0.2) is 4.39 Å². The van der Waals surface area contributed by atoms with E-state index >= 15 is 0 Å². The third kappa shape index (κ3) is 3.43. The third-order valence-electron chi connectivity index (χ3n) is 2.65. The number of halogens is 2. The molecule has 1 aromatic rings. The fourth-order valence-electron chi connectivity index (χ4n) is 1.64. The molecular weight excluding hydrogens is 241 g/mol. The molecule has 0 atom stereocenters. The Balaban J connectivity index is 2.90. The van der Waals surface area contributed by atoms with Crippen LogP contribution in [0.4, 0.5) is 4.39 Å². The van der Waals surface area contributed by atoms with Crippen molar-refractivity contribution in [1.29, 1.82) is 0 Å². The van der Waals surface area contributed by atoms with E-state index in [1.165, 1.54) is 6.07 Å². The first-order chi connectivity index (χ1) is 8.11. The predicted octanol–water partition coefficient (Wildman–Crippen LogP) is 3.23. The number of hydrogen-bond donors (Lipinski definition) is 0. The molecule has 0 fully saturated rings. The average molecular weight is 258 g/mol. The fraction of sp³-hybridized carbons (Fsp3) is 0.462. The second-order valence-corrected chi connectivity index (χ2v) is 4.24. The summed E-state index contributed by atoms with van der Waals surface area (Å²) in [5, 5.41) is 0. The minimum Gasteiger partial charge on any atom is -0.339 e. The summed E-state index contributed by atoms with van der Waals surface area (Å²) >= 11 is 5.60. The zero-order chi connectivity index (χ0) is 12.8. The molecule has 0 aliphatic rings. The molecular formula is C13H17ClFNO. The first-order valence-corrected chi connectivity index (χ1v) is 6.25. The molecule has 0 aliphatic carbocycles. The van der Waals surface area contributed by atoms with Crippen molar-refractivity contribution in [2.24, 2.45) is 0 Å². The van der Waals surface area contributed by atoms with Gasteiger partial charge in [-0.2, -0.15) is 0 Å². The Kier molecular flexibility index (Phi) is 5.42. The highest BCUT2D eigenvalue weighted by atomic mass is 35.5. The van der Waals surface area contributed by atoms with Crippen molar-refractivity contribution in [3.8, 4) is 0 Å². The second kappa shape index (κ2) is 6.60. The Labute approximate surface area is 106 Å². The van der Waals surface area contributed by atoms with Crippen LogP contribution in [0.3, 0.4) is 0 Å². The number of benzene rings is 1. The van der Waals surface area contributed by atoms with E-state index in [9.17, 15) is 9.18 Å². The van der Waals surface area contributed by atoms with Crippen molar-refractivity contribution in [1.82, 2.24) is 4.90 Å². The van der Waals surface area contributed by atoms with E-state index in [1.54, 1.807) is 24.0 Å². The zero-order valence-corrected chi connectivity index (χ0v) is 10.9. The first-order valence-electron chi connectivity index (χ1n) is 5.72. The molecule has 0 spiro atoms. The Hall–Kier alpha value is -1.09. The predicted molar refractivity (Wildman–Crippen MR) is 68.1 cm³/mol. The SMILES string of the molecule is CCN(CCCCl)C(=O)c1cccc(C)c1F. The van der Waals surface area contributed by atoms with Crippen LogP contribution in [-0.4, -0.2) is 29.8 Å². The van der Waals surface area contributed by atoms with Crippen LogP contribution in [0.15, 0.2) is 18.2 Å². The van der Waals surface area contributed by atoms with Crippen molar-refractivity contribution >= 4 is 17.5 Å². The van der Waals surface area contributed by atoms with Gasteiger partial charge < -0.3 is 4.90 Å². The largest absolute Gasteiger partial charge is 0.339 e. The molecule has 4 heteroatoms. The molecule has 1 amide bonds. The van der Waals surface area contributed by atoms with Gasteiger partial charge in [-0.3, -0.25) is 4.79 Å². The summed E-state index contributed by atoms with van der Waals surface area (Å²) in [5.41, 5.74) is 0.630. The van der Waals surface area contributed by atoms with E-state index < -0.39 is 5.82 Å². The number of rotatable bonds is 5. The third-order valence-corrected chi connectivity index (χ3v) is 2.92. The summed E-state index contributed by atoms with van der Waals surface area (Å²) in [6.45, 7) is 4.65. The standard InChI is InChI=1S/C13H17ClFNO/c1-3-16(9-5-8-14)13(17)11-7-4-6-10(2)12(11)15/h4,6-7H,3,5,8-9H2,1-2H3. The van der Waals surface area contributed by atoms with Crippen LogP contribution < -0.4 is 0 Å². The molecule has 0 unspecified atom stereocenters. The molecule has 94 valence electrons. The molecule has 17 heavy (non-hydrogen) atoms. The van der Waals surface area contributed by atoms with Gasteiger partial charge in [0.2, 0.25) is 0 Å². The summed E-state index contributed by atoms with van der Waals surface area (Å²) in [6, 6.07) is 4.87. The molecule has 0 saturated heterocycles. The average Bonchev–Trinajstić information content (AvgIpc) is 2.33. The lowest BCUT2D eigenvalue weighted by Crippen LogP contribution is -2.32. The second-order valence-electron chi connectivity index (χ2n) is 3.86. The van der Waals surface area contributed by atoms with Crippen LogP contribution in [0, 0.1) is 12.7 Å². The highest BCUT2D eigenvalue weighted by molar-refractivity contribution is 6.17. The zero-order valence-electron chi connectivity index (χ0n) is 10.2. The van der Waals surface area contributed by atoms with Crippen LogP contribution in [0.1, 0.15) is 29.3 Å². The summed E-state index contributed by atoms with van der Waals surface area (Å²) < 4.78 is 13.8. The highest BCUT2D eigenvalue weighted by Crippen LogP contribution is 2.14. The monoisotopic (exact) mass is 257 g/mol. The number of carbonyl (C=O) groups is 1. The van der Waals surface area contributed by atoms with Crippen molar-refractivity contribution in [3.05, 3.63) is 35.1 Å². The van der Waals surface area contributed by atoms with Gasteiger partial charge in [0.05, 0.1) is 5.56 Å². The Morgan fingerprint density at radius 1 is 1.47 bits per heavy atom. The molecule has 0 radical (unpaired) electrons.